The smallest absolute Gasteiger partial charge is 0.255 e. The summed E-state index contributed by atoms with van der Waals surface area (Å²) in [6, 6.07) is 11.1. The quantitative estimate of drug-likeness (QED) is 0.698. The fraction of sp³-hybridized carbons (Fsp3) is 0.429. The van der Waals surface area contributed by atoms with Crippen LogP contribution in [0.15, 0.2) is 42.6 Å². The molecule has 0 aliphatic heterocycles. The third kappa shape index (κ3) is 6.25. The molecule has 27 heavy (non-hydrogen) atoms. The third-order valence-corrected chi connectivity index (χ3v) is 4.34. The predicted molar refractivity (Wildman–Crippen MR) is 104 cm³/mol. The van der Waals surface area contributed by atoms with E-state index in [1.165, 1.54) is 12.8 Å². The number of hydrogen-bond donors (Lipinski definition) is 1. The lowest BCUT2D eigenvalue weighted by atomic mass is 10.2. The molecular formula is C21H27N3O3. The first-order chi connectivity index (χ1) is 13.1. The highest BCUT2D eigenvalue weighted by Crippen LogP contribution is 2.29. The molecule has 1 aromatic carbocycles. The molecular weight excluding hydrogens is 342 g/mol. The lowest BCUT2D eigenvalue weighted by molar-refractivity contribution is 0.0946. The maximum atomic E-state index is 12.6. The molecule has 2 aromatic rings. The van der Waals surface area contributed by atoms with E-state index in [4.69, 9.17) is 9.47 Å². The zero-order chi connectivity index (χ0) is 19.1. The van der Waals surface area contributed by atoms with Crippen molar-refractivity contribution in [2.75, 3.05) is 33.9 Å². The lowest BCUT2D eigenvalue weighted by Crippen LogP contribution is -2.24. The minimum atomic E-state index is -0.160. The zero-order valence-corrected chi connectivity index (χ0v) is 16.0. The van der Waals surface area contributed by atoms with Gasteiger partial charge < -0.3 is 19.7 Å². The Morgan fingerprint density at radius 2 is 2.04 bits per heavy atom. The van der Waals surface area contributed by atoms with Crippen molar-refractivity contribution in [1.29, 1.82) is 0 Å². The molecule has 1 heterocycles. The number of para-hydroxylation sites is 1. The van der Waals surface area contributed by atoms with Gasteiger partial charge in [-0.3, -0.25) is 4.79 Å². The predicted octanol–water partition coefficient (Wildman–Crippen LogP) is 2.74. The second-order valence-corrected chi connectivity index (χ2v) is 7.09. The molecule has 0 unspecified atom stereocenters. The molecule has 1 aromatic heterocycles. The molecule has 0 atom stereocenters. The van der Waals surface area contributed by atoms with Crippen molar-refractivity contribution in [1.82, 2.24) is 15.2 Å². The van der Waals surface area contributed by atoms with Gasteiger partial charge in [0.1, 0.15) is 12.4 Å². The Hall–Kier alpha value is -2.60. The molecule has 0 saturated heterocycles. The number of ether oxygens (including phenoxy) is 2. The monoisotopic (exact) mass is 369 g/mol. The third-order valence-electron chi connectivity index (χ3n) is 4.34. The molecule has 0 bridgehead atoms. The van der Waals surface area contributed by atoms with Gasteiger partial charge in [0.2, 0.25) is 5.88 Å². The van der Waals surface area contributed by atoms with Gasteiger partial charge in [0.15, 0.2) is 0 Å². The highest BCUT2D eigenvalue weighted by molar-refractivity contribution is 5.96. The number of benzene rings is 1. The van der Waals surface area contributed by atoms with Crippen molar-refractivity contribution in [2.45, 2.75) is 19.4 Å². The molecule has 1 aliphatic rings. The van der Waals surface area contributed by atoms with Crippen molar-refractivity contribution in [2.24, 2.45) is 5.92 Å². The Morgan fingerprint density at radius 1 is 1.22 bits per heavy atom. The van der Waals surface area contributed by atoms with Crippen LogP contribution in [0.4, 0.5) is 0 Å². The molecule has 1 N–H and O–H groups in total. The summed E-state index contributed by atoms with van der Waals surface area (Å²) >= 11 is 0. The average molecular weight is 369 g/mol. The number of carbonyl (C=O) groups excluding carboxylic acids is 1. The molecule has 144 valence electrons. The number of likely N-dealkylation sites (N-methyl/N-ethyl adjacent to an activating group) is 1. The van der Waals surface area contributed by atoms with E-state index < -0.39 is 0 Å². The molecule has 3 rings (SSSR count). The van der Waals surface area contributed by atoms with Crippen molar-refractivity contribution >= 4 is 5.91 Å². The summed E-state index contributed by atoms with van der Waals surface area (Å²) in [5.41, 5.74) is 1.49. The first-order valence-electron chi connectivity index (χ1n) is 9.34. The number of carbonyl (C=O) groups is 1. The minimum Gasteiger partial charge on any atom is -0.491 e. The maximum Gasteiger partial charge on any atom is 0.255 e. The van der Waals surface area contributed by atoms with Gasteiger partial charge >= 0.3 is 0 Å². The molecule has 6 nitrogen and oxygen atoms in total. The summed E-state index contributed by atoms with van der Waals surface area (Å²) in [7, 11) is 3.97. The summed E-state index contributed by atoms with van der Waals surface area (Å²) in [6.45, 7) is 2.45. The second-order valence-electron chi connectivity index (χ2n) is 7.09. The Bertz CT molecular complexity index is 760. The van der Waals surface area contributed by atoms with Crippen LogP contribution < -0.4 is 14.8 Å². The van der Waals surface area contributed by atoms with E-state index in [0.29, 0.717) is 36.3 Å². The number of amides is 1. The van der Waals surface area contributed by atoms with Crippen LogP contribution in [0.2, 0.25) is 0 Å². The second kappa shape index (κ2) is 9.37. The van der Waals surface area contributed by atoms with E-state index in [0.717, 1.165) is 18.7 Å². The fourth-order valence-corrected chi connectivity index (χ4v) is 2.52. The largest absolute Gasteiger partial charge is 0.491 e. The molecule has 6 heteroatoms. The summed E-state index contributed by atoms with van der Waals surface area (Å²) in [5, 5.41) is 2.95. The van der Waals surface area contributed by atoms with E-state index in [1.807, 2.05) is 49.3 Å². The Labute approximate surface area is 160 Å². The van der Waals surface area contributed by atoms with Crippen molar-refractivity contribution < 1.29 is 14.3 Å². The highest BCUT2D eigenvalue weighted by atomic mass is 16.5. The van der Waals surface area contributed by atoms with E-state index in [2.05, 4.69) is 10.3 Å². The fourth-order valence-electron chi connectivity index (χ4n) is 2.52. The van der Waals surface area contributed by atoms with Crippen LogP contribution in [0.5, 0.6) is 11.6 Å². The number of nitrogens with zero attached hydrogens (tertiary/aromatic N) is 2. The highest BCUT2D eigenvalue weighted by Gasteiger charge is 2.22. The van der Waals surface area contributed by atoms with Gasteiger partial charge in [-0.1, -0.05) is 12.1 Å². The SMILES string of the molecule is CN(C)CCOc1ccccc1C(=O)NCc1ccnc(OCC2CC2)c1. The number of rotatable bonds is 10. The van der Waals surface area contributed by atoms with E-state index in [-0.39, 0.29) is 5.91 Å². The minimum absolute atomic E-state index is 0.160. The number of nitrogens with one attached hydrogen (secondary N) is 1. The normalized spacial score (nSPS) is 13.4. The number of hydrogen-bond acceptors (Lipinski definition) is 5. The van der Waals surface area contributed by atoms with Gasteiger partial charge in [-0.25, -0.2) is 4.98 Å². The summed E-state index contributed by atoms with van der Waals surface area (Å²) in [6.07, 6.45) is 4.19. The molecule has 1 fully saturated rings. The summed E-state index contributed by atoms with van der Waals surface area (Å²) in [4.78, 5) is 18.9. The van der Waals surface area contributed by atoms with Crippen LogP contribution in [-0.2, 0) is 6.54 Å². The van der Waals surface area contributed by atoms with Crippen LogP contribution in [0.25, 0.3) is 0 Å². The molecule has 1 saturated carbocycles. The van der Waals surface area contributed by atoms with Crippen molar-refractivity contribution in [3.63, 3.8) is 0 Å². The zero-order valence-electron chi connectivity index (χ0n) is 16.0. The number of pyridine rings is 1. The topological polar surface area (TPSA) is 63.7 Å². The van der Waals surface area contributed by atoms with Crippen LogP contribution in [0, 0.1) is 5.92 Å². The summed E-state index contributed by atoms with van der Waals surface area (Å²) in [5.74, 6) is 1.73. The van der Waals surface area contributed by atoms with Crippen LogP contribution in [0.1, 0.15) is 28.8 Å². The molecule has 1 amide bonds. The van der Waals surface area contributed by atoms with E-state index in [1.54, 1.807) is 12.3 Å². The lowest BCUT2D eigenvalue weighted by Gasteiger charge is -2.14. The van der Waals surface area contributed by atoms with Crippen LogP contribution in [-0.4, -0.2) is 49.6 Å². The van der Waals surface area contributed by atoms with Crippen molar-refractivity contribution in [3.8, 4) is 11.6 Å². The van der Waals surface area contributed by atoms with Crippen LogP contribution in [0.3, 0.4) is 0 Å². The number of aromatic nitrogens is 1. The van der Waals surface area contributed by atoms with Gasteiger partial charge in [-0.2, -0.15) is 0 Å². The molecule has 0 spiro atoms. The van der Waals surface area contributed by atoms with E-state index >= 15 is 0 Å². The first kappa shape index (κ1) is 19.2. The van der Waals surface area contributed by atoms with Gasteiger partial charge in [-0.05, 0) is 56.6 Å². The molecule has 0 radical (unpaired) electrons. The van der Waals surface area contributed by atoms with E-state index in [9.17, 15) is 4.79 Å². The maximum absolute atomic E-state index is 12.6. The molecule has 1 aliphatic carbocycles. The van der Waals surface area contributed by atoms with Crippen LogP contribution >= 0.6 is 0 Å². The van der Waals surface area contributed by atoms with Crippen molar-refractivity contribution in [3.05, 3.63) is 53.7 Å². The van der Waals surface area contributed by atoms with Gasteiger partial charge in [0.25, 0.3) is 5.91 Å². The first-order valence-corrected chi connectivity index (χ1v) is 9.34. The Balaban J connectivity index is 1.55. The average Bonchev–Trinajstić information content (AvgIpc) is 3.49. The van der Waals surface area contributed by atoms with Gasteiger partial charge in [0.05, 0.1) is 12.2 Å². The summed E-state index contributed by atoms with van der Waals surface area (Å²) < 4.78 is 11.5. The van der Waals surface area contributed by atoms with Gasteiger partial charge in [-0.15, -0.1) is 0 Å². The Kier molecular flexibility index (Phi) is 6.65. The standard InChI is InChI=1S/C21H27N3O3/c1-24(2)11-12-26-19-6-4-3-5-18(19)21(25)23-14-17-9-10-22-20(13-17)27-15-16-7-8-16/h3-6,9-10,13,16H,7-8,11-12,14-15H2,1-2H3,(H,23,25). The Morgan fingerprint density at radius 3 is 2.81 bits per heavy atom. The van der Waals surface area contributed by atoms with Gasteiger partial charge in [0, 0.05) is 25.4 Å².